The smallest absolute Gasteiger partial charge is 0.144 e. The van der Waals surface area contributed by atoms with E-state index in [2.05, 4.69) is 21.2 Å². The van der Waals surface area contributed by atoms with Crippen molar-refractivity contribution < 1.29 is 14.9 Å². The van der Waals surface area contributed by atoms with Crippen molar-refractivity contribution in [2.75, 3.05) is 49.5 Å². The lowest BCUT2D eigenvalue weighted by Crippen LogP contribution is -2.49. The normalized spacial score (nSPS) is 19.5. The Morgan fingerprint density at radius 1 is 1.13 bits per heavy atom. The minimum absolute atomic E-state index is 0.231. The Morgan fingerprint density at radius 3 is 2.63 bits per heavy atom. The van der Waals surface area contributed by atoms with Gasteiger partial charge in [-0.3, -0.25) is 4.90 Å². The molecule has 2 heterocycles. The topological polar surface area (TPSA) is 92.0 Å². The van der Waals surface area contributed by atoms with Gasteiger partial charge in [-0.2, -0.15) is 5.26 Å². The van der Waals surface area contributed by atoms with Gasteiger partial charge in [0.15, 0.2) is 0 Å². The van der Waals surface area contributed by atoms with Crippen molar-refractivity contribution in [3.8, 4) is 11.8 Å². The monoisotopic (exact) mass is 406 g/mol. The highest BCUT2D eigenvalue weighted by molar-refractivity contribution is 5.71. The lowest BCUT2D eigenvalue weighted by atomic mass is 10.1. The molecule has 0 spiro atoms. The second kappa shape index (κ2) is 9.18. The summed E-state index contributed by atoms with van der Waals surface area (Å²) in [6.45, 7) is 4.31. The van der Waals surface area contributed by atoms with Crippen molar-refractivity contribution in [3.05, 3.63) is 59.7 Å². The number of aliphatic hydroxyl groups is 2. The molecule has 2 aliphatic heterocycles. The van der Waals surface area contributed by atoms with E-state index < -0.39 is 12.3 Å². The molecule has 0 bridgehead atoms. The molecule has 0 aromatic heterocycles. The number of β-amino-alcohol motifs (C(OH)–C–C–N with tert-alkyl or cyclic N) is 1. The van der Waals surface area contributed by atoms with Gasteiger partial charge in [-0.1, -0.05) is 6.08 Å². The molecule has 7 heteroatoms. The maximum Gasteiger partial charge on any atom is 0.144 e. The number of benzene rings is 2. The molecule has 156 valence electrons. The maximum atomic E-state index is 10.4. The average molecular weight is 406 g/mol. The molecule has 1 unspecified atom stereocenters. The van der Waals surface area contributed by atoms with Crippen LogP contribution in [0.3, 0.4) is 0 Å². The van der Waals surface area contributed by atoms with E-state index in [4.69, 9.17) is 10.00 Å². The number of hydrogen-bond donors (Lipinski definition) is 3. The van der Waals surface area contributed by atoms with Crippen LogP contribution in [0.25, 0.3) is 6.08 Å². The lowest BCUT2D eigenvalue weighted by Gasteiger charge is -2.36. The van der Waals surface area contributed by atoms with Gasteiger partial charge in [0, 0.05) is 49.7 Å². The summed E-state index contributed by atoms with van der Waals surface area (Å²) in [5.41, 5.74) is 3.61. The van der Waals surface area contributed by atoms with Crippen molar-refractivity contribution in [2.45, 2.75) is 12.3 Å². The van der Waals surface area contributed by atoms with Gasteiger partial charge in [0.25, 0.3) is 0 Å². The number of nitrogens with one attached hydrogen (secondary N) is 1. The van der Waals surface area contributed by atoms with E-state index in [9.17, 15) is 10.2 Å². The van der Waals surface area contributed by atoms with Crippen LogP contribution in [0, 0.1) is 11.3 Å². The number of anilines is 2. The molecular weight excluding hydrogens is 380 g/mol. The Hall–Kier alpha value is -3.05. The van der Waals surface area contributed by atoms with E-state index in [0.29, 0.717) is 17.9 Å². The fraction of sp³-hybridized carbons (Fsp3) is 0.348. The highest BCUT2D eigenvalue weighted by atomic mass is 16.5. The van der Waals surface area contributed by atoms with Crippen LogP contribution in [0.2, 0.25) is 0 Å². The third kappa shape index (κ3) is 4.92. The van der Waals surface area contributed by atoms with Crippen molar-refractivity contribution >= 4 is 17.5 Å². The zero-order chi connectivity index (χ0) is 20.9. The first-order chi connectivity index (χ1) is 14.6. The van der Waals surface area contributed by atoms with Gasteiger partial charge in [-0.25, -0.2) is 0 Å². The van der Waals surface area contributed by atoms with E-state index in [1.54, 1.807) is 6.08 Å². The Morgan fingerprint density at radius 2 is 1.90 bits per heavy atom. The van der Waals surface area contributed by atoms with E-state index in [0.717, 1.165) is 43.1 Å². The molecule has 0 radical (unpaired) electrons. The third-order valence-corrected chi connectivity index (χ3v) is 5.43. The third-order valence-electron chi connectivity index (χ3n) is 5.43. The number of nitriles is 1. The fourth-order valence-electron chi connectivity index (χ4n) is 3.78. The summed E-state index contributed by atoms with van der Waals surface area (Å²) < 4.78 is 5.78. The van der Waals surface area contributed by atoms with Gasteiger partial charge in [0.1, 0.15) is 24.7 Å². The number of hydrogen-bond acceptors (Lipinski definition) is 7. The first kappa shape index (κ1) is 20.2. The van der Waals surface area contributed by atoms with Crippen molar-refractivity contribution in [1.29, 1.82) is 5.26 Å². The van der Waals surface area contributed by atoms with E-state index in [1.807, 2.05) is 48.5 Å². The predicted octanol–water partition coefficient (Wildman–Crippen LogP) is 1.88. The molecule has 2 aliphatic rings. The summed E-state index contributed by atoms with van der Waals surface area (Å²) in [7, 11) is 0. The number of piperazine rings is 1. The van der Waals surface area contributed by atoms with Crippen LogP contribution >= 0.6 is 0 Å². The van der Waals surface area contributed by atoms with Gasteiger partial charge >= 0.3 is 0 Å². The Bertz CT molecular complexity index is 930. The molecule has 0 aliphatic carbocycles. The first-order valence-corrected chi connectivity index (χ1v) is 10.2. The summed E-state index contributed by atoms with van der Waals surface area (Å²) in [5.74, 6) is 0.696. The number of fused-ring (bicyclic) bond motifs is 1. The highest BCUT2D eigenvalue weighted by Gasteiger charge is 2.20. The zero-order valence-electron chi connectivity index (χ0n) is 16.7. The highest BCUT2D eigenvalue weighted by Crippen LogP contribution is 2.27. The number of ether oxygens (including phenoxy) is 1. The molecule has 1 fully saturated rings. The summed E-state index contributed by atoms with van der Waals surface area (Å²) in [6, 6.07) is 15.4. The SMILES string of the molecule is N#Cc1ccc(N2CCN(C[C@H](O)COc3ccc4c(c3)C=CC(O)N4)CC2)cc1. The van der Waals surface area contributed by atoms with Crippen LogP contribution in [-0.4, -0.2) is 66.8 Å². The molecule has 7 nitrogen and oxygen atoms in total. The molecule has 4 rings (SSSR count). The van der Waals surface area contributed by atoms with Gasteiger partial charge in [-0.15, -0.1) is 0 Å². The minimum atomic E-state index is -0.663. The number of nitrogens with zero attached hydrogens (tertiary/aromatic N) is 3. The van der Waals surface area contributed by atoms with Crippen LogP contribution in [0.1, 0.15) is 11.1 Å². The first-order valence-electron chi connectivity index (χ1n) is 10.2. The van der Waals surface area contributed by atoms with Crippen molar-refractivity contribution in [2.24, 2.45) is 0 Å². The maximum absolute atomic E-state index is 10.4. The van der Waals surface area contributed by atoms with Gasteiger partial charge in [0.2, 0.25) is 0 Å². The molecule has 30 heavy (non-hydrogen) atoms. The van der Waals surface area contributed by atoms with Crippen LogP contribution < -0.4 is 15.0 Å². The molecular formula is C23H26N4O3. The average Bonchev–Trinajstić information content (AvgIpc) is 2.78. The lowest BCUT2D eigenvalue weighted by molar-refractivity contribution is 0.0663. The van der Waals surface area contributed by atoms with Crippen LogP contribution in [0.15, 0.2) is 48.5 Å². The Balaban J connectivity index is 1.22. The summed E-state index contributed by atoms with van der Waals surface area (Å²) in [6.07, 6.45) is 2.30. The van der Waals surface area contributed by atoms with Crippen LogP contribution in [0.4, 0.5) is 11.4 Å². The van der Waals surface area contributed by atoms with Crippen LogP contribution in [-0.2, 0) is 0 Å². The molecule has 0 amide bonds. The number of rotatable bonds is 6. The second-order valence-electron chi connectivity index (χ2n) is 7.61. The Labute approximate surface area is 176 Å². The molecule has 2 aromatic carbocycles. The van der Waals surface area contributed by atoms with E-state index in [1.165, 1.54) is 0 Å². The van der Waals surface area contributed by atoms with E-state index >= 15 is 0 Å². The zero-order valence-corrected chi connectivity index (χ0v) is 16.7. The fourth-order valence-corrected chi connectivity index (χ4v) is 3.78. The summed E-state index contributed by atoms with van der Waals surface area (Å²) in [4.78, 5) is 4.54. The summed E-state index contributed by atoms with van der Waals surface area (Å²) in [5, 5.41) is 31.9. The number of aliphatic hydroxyl groups excluding tert-OH is 2. The van der Waals surface area contributed by atoms with E-state index in [-0.39, 0.29) is 6.61 Å². The molecule has 2 aromatic rings. The van der Waals surface area contributed by atoms with Crippen LogP contribution in [0.5, 0.6) is 5.75 Å². The molecule has 0 saturated carbocycles. The molecule has 2 atom stereocenters. The standard InChI is InChI=1S/C23H26N4O3/c24-14-17-1-4-19(5-2-17)27-11-9-26(10-12-27)15-20(28)16-30-21-6-7-22-18(13-21)3-8-23(29)25-22/h1-8,13,20,23,25,28-29H,9-12,15-16H2/t20-,23?/m0/s1. The van der Waals surface area contributed by atoms with Gasteiger partial charge < -0.3 is 25.2 Å². The van der Waals surface area contributed by atoms with Gasteiger partial charge in [-0.05, 0) is 48.5 Å². The Kier molecular flexibility index (Phi) is 6.19. The quantitative estimate of drug-likeness (QED) is 0.675. The van der Waals surface area contributed by atoms with Gasteiger partial charge in [0.05, 0.1) is 11.6 Å². The molecule has 3 N–H and O–H groups in total. The second-order valence-corrected chi connectivity index (χ2v) is 7.61. The summed E-state index contributed by atoms with van der Waals surface area (Å²) >= 11 is 0. The largest absolute Gasteiger partial charge is 0.491 e. The minimum Gasteiger partial charge on any atom is -0.491 e. The van der Waals surface area contributed by atoms with Crippen molar-refractivity contribution in [1.82, 2.24) is 4.90 Å². The molecule has 1 saturated heterocycles. The van der Waals surface area contributed by atoms with Crippen molar-refractivity contribution in [3.63, 3.8) is 0 Å². The predicted molar refractivity (Wildman–Crippen MR) is 116 cm³/mol.